The highest BCUT2D eigenvalue weighted by Gasteiger charge is 2.07. The molecule has 0 fully saturated rings. The molecule has 16 heavy (non-hydrogen) atoms. The lowest BCUT2D eigenvalue weighted by Crippen LogP contribution is -2.17. The molecule has 2 aromatic rings. The molecule has 1 unspecified atom stereocenters. The van der Waals surface area contributed by atoms with Gasteiger partial charge in [0.25, 0.3) is 0 Å². The minimum absolute atomic E-state index is 0.217. The molecule has 84 valence electrons. The van der Waals surface area contributed by atoms with Gasteiger partial charge < -0.3 is 5.73 Å². The van der Waals surface area contributed by atoms with Crippen LogP contribution >= 0.6 is 23.1 Å². The maximum atomic E-state index is 5.78. The van der Waals surface area contributed by atoms with Crippen LogP contribution in [0.15, 0.2) is 40.7 Å². The lowest BCUT2D eigenvalue weighted by molar-refractivity contribution is 0.847. The van der Waals surface area contributed by atoms with E-state index in [0.29, 0.717) is 0 Å². The van der Waals surface area contributed by atoms with Gasteiger partial charge in [0.15, 0.2) is 0 Å². The Bertz CT molecular complexity index is 438. The monoisotopic (exact) mass is 250 g/mol. The Balaban J connectivity index is 2.24. The average molecular weight is 250 g/mol. The third-order valence-electron chi connectivity index (χ3n) is 2.05. The summed E-state index contributed by atoms with van der Waals surface area (Å²) in [6.45, 7) is 2.03. The molecule has 4 heteroatoms. The Hall–Kier alpha value is -0.840. The van der Waals surface area contributed by atoms with E-state index in [9.17, 15) is 0 Å². The zero-order valence-electron chi connectivity index (χ0n) is 9.09. The maximum Gasteiger partial charge on any atom is 0.124 e. The van der Waals surface area contributed by atoms with Crippen LogP contribution in [-0.2, 0) is 0 Å². The van der Waals surface area contributed by atoms with Crippen molar-refractivity contribution in [1.82, 2.24) is 4.98 Å². The van der Waals surface area contributed by atoms with Gasteiger partial charge >= 0.3 is 0 Å². The van der Waals surface area contributed by atoms with E-state index in [1.54, 1.807) is 23.1 Å². The molecule has 1 heterocycles. The number of nitrogens with zero attached hydrogens (tertiary/aromatic N) is 1. The van der Waals surface area contributed by atoms with Crippen LogP contribution in [0.1, 0.15) is 6.92 Å². The van der Waals surface area contributed by atoms with Crippen molar-refractivity contribution in [1.29, 1.82) is 0 Å². The van der Waals surface area contributed by atoms with Crippen molar-refractivity contribution in [2.45, 2.75) is 17.9 Å². The van der Waals surface area contributed by atoms with Crippen LogP contribution in [0.4, 0.5) is 0 Å². The van der Waals surface area contributed by atoms with Crippen molar-refractivity contribution in [2.75, 3.05) is 5.75 Å². The van der Waals surface area contributed by atoms with Gasteiger partial charge in [0.1, 0.15) is 5.01 Å². The largest absolute Gasteiger partial charge is 0.327 e. The topological polar surface area (TPSA) is 38.9 Å². The number of rotatable bonds is 4. The third kappa shape index (κ3) is 2.84. The van der Waals surface area contributed by atoms with Gasteiger partial charge in [-0.2, -0.15) is 0 Å². The summed E-state index contributed by atoms with van der Waals surface area (Å²) in [6, 6.07) is 8.56. The molecule has 0 saturated heterocycles. The first-order chi connectivity index (χ1) is 7.77. The van der Waals surface area contributed by atoms with Crippen molar-refractivity contribution in [3.8, 4) is 10.6 Å². The van der Waals surface area contributed by atoms with Gasteiger partial charge in [-0.05, 0) is 13.0 Å². The Kier molecular flexibility index (Phi) is 3.98. The number of aromatic nitrogens is 1. The van der Waals surface area contributed by atoms with Crippen molar-refractivity contribution < 1.29 is 0 Å². The van der Waals surface area contributed by atoms with Crippen LogP contribution in [0.5, 0.6) is 0 Å². The van der Waals surface area contributed by atoms with Crippen LogP contribution in [0.25, 0.3) is 10.6 Å². The first-order valence-corrected chi connectivity index (χ1v) is 7.01. The number of hydrogen-bond donors (Lipinski definition) is 1. The lowest BCUT2D eigenvalue weighted by atomic mass is 10.2. The number of thiazole rings is 1. The van der Waals surface area contributed by atoms with Gasteiger partial charge in [-0.1, -0.05) is 18.2 Å². The van der Waals surface area contributed by atoms with Crippen LogP contribution in [0.2, 0.25) is 0 Å². The molecule has 0 bridgehead atoms. The van der Waals surface area contributed by atoms with Gasteiger partial charge in [0.05, 0.1) is 0 Å². The average Bonchev–Trinajstić information content (AvgIpc) is 2.80. The summed E-state index contributed by atoms with van der Waals surface area (Å²) in [4.78, 5) is 5.61. The molecular formula is C12H14N2S2. The summed E-state index contributed by atoms with van der Waals surface area (Å²) in [6.07, 6.45) is 1.84. The molecule has 1 atom stereocenters. The molecule has 2 rings (SSSR count). The van der Waals surface area contributed by atoms with Gasteiger partial charge in [-0.25, -0.2) is 4.98 Å². The van der Waals surface area contributed by atoms with Gasteiger partial charge in [0, 0.05) is 33.8 Å². The van der Waals surface area contributed by atoms with E-state index in [1.165, 1.54) is 10.5 Å². The molecule has 1 aromatic carbocycles. The first kappa shape index (κ1) is 11.6. The number of hydrogen-bond acceptors (Lipinski definition) is 4. The smallest absolute Gasteiger partial charge is 0.124 e. The minimum Gasteiger partial charge on any atom is -0.327 e. The molecule has 0 spiro atoms. The maximum absolute atomic E-state index is 5.78. The summed E-state index contributed by atoms with van der Waals surface area (Å²) in [5, 5.41) is 3.08. The zero-order chi connectivity index (χ0) is 11.4. The van der Waals surface area contributed by atoms with Gasteiger partial charge in [0.2, 0.25) is 0 Å². The highest BCUT2D eigenvalue weighted by atomic mass is 32.2. The van der Waals surface area contributed by atoms with Crippen molar-refractivity contribution in [2.24, 2.45) is 5.73 Å². The molecule has 0 aliphatic heterocycles. The van der Waals surface area contributed by atoms with E-state index in [4.69, 9.17) is 5.73 Å². The first-order valence-electron chi connectivity index (χ1n) is 5.14. The second kappa shape index (κ2) is 5.48. The summed E-state index contributed by atoms with van der Waals surface area (Å²) < 4.78 is 0. The summed E-state index contributed by atoms with van der Waals surface area (Å²) in [5.74, 6) is 0.933. The van der Waals surface area contributed by atoms with Crippen molar-refractivity contribution in [3.05, 3.63) is 35.8 Å². The molecule has 0 aliphatic rings. The van der Waals surface area contributed by atoms with Crippen LogP contribution in [0.3, 0.4) is 0 Å². The number of thioether (sulfide) groups is 1. The fourth-order valence-electron chi connectivity index (χ4n) is 1.35. The lowest BCUT2D eigenvalue weighted by Gasteiger charge is -2.08. The summed E-state index contributed by atoms with van der Waals surface area (Å²) in [7, 11) is 0. The zero-order valence-corrected chi connectivity index (χ0v) is 10.7. The molecule has 2 nitrogen and oxygen atoms in total. The Labute approximate surface area is 104 Å². The molecule has 0 amide bonds. The van der Waals surface area contributed by atoms with Crippen LogP contribution in [-0.4, -0.2) is 16.8 Å². The van der Waals surface area contributed by atoms with Crippen LogP contribution in [0, 0.1) is 0 Å². The Morgan fingerprint density at radius 2 is 2.25 bits per heavy atom. The molecule has 0 aliphatic carbocycles. The molecular weight excluding hydrogens is 236 g/mol. The minimum atomic E-state index is 0.217. The standard InChI is InChI=1S/C12H14N2S2/c1-9(13)8-16-11-5-3-2-4-10(11)12-14-6-7-15-12/h2-7,9H,8,13H2,1H3. The highest BCUT2D eigenvalue weighted by molar-refractivity contribution is 7.99. The molecule has 0 radical (unpaired) electrons. The van der Waals surface area contributed by atoms with E-state index >= 15 is 0 Å². The Morgan fingerprint density at radius 3 is 2.94 bits per heavy atom. The fraction of sp³-hybridized carbons (Fsp3) is 0.250. The van der Waals surface area contributed by atoms with E-state index in [-0.39, 0.29) is 6.04 Å². The van der Waals surface area contributed by atoms with E-state index in [1.807, 2.05) is 24.6 Å². The fourth-order valence-corrected chi connectivity index (χ4v) is 3.03. The van der Waals surface area contributed by atoms with E-state index < -0.39 is 0 Å². The summed E-state index contributed by atoms with van der Waals surface area (Å²) in [5.41, 5.74) is 6.99. The third-order valence-corrected chi connectivity index (χ3v) is 4.22. The number of nitrogens with two attached hydrogens (primary N) is 1. The number of benzene rings is 1. The van der Waals surface area contributed by atoms with E-state index in [0.717, 1.165) is 10.8 Å². The molecule has 2 N–H and O–H groups in total. The van der Waals surface area contributed by atoms with Crippen molar-refractivity contribution in [3.63, 3.8) is 0 Å². The second-order valence-electron chi connectivity index (χ2n) is 3.62. The SMILES string of the molecule is CC(N)CSc1ccccc1-c1nccs1. The predicted molar refractivity (Wildman–Crippen MR) is 71.9 cm³/mol. The molecule has 1 aromatic heterocycles. The summed E-state index contributed by atoms with van der Waals surface area (Å²) >= 11 is 3.46. The molecule has 0 saturated carbocycles. The predicted octanol–water partition coefficient (Wildman–Crippen LogP) is 3.25. The van der Waals surface area contributed by atoms with Crippen LogP contribution < -0.4 is 5.73 Å². The van der Waals surface area contributed by atoms with Gasteiger partial charge in [-0.15, -0.1) is 23.1 Å². The quantitative estimate of drug-likeness (QED) is 0.847. The van der Waals surface area contributed by atoms with Gasteiger partial charge in [-0.3, -0.25) is 0 Å². The normalized spacial score (nSPS) is 12.6. The highest BCUT2D eigenvalue weighted by Crippen LogP contribution is 2.32. The van der Waals surface area contributed by atoms with Crippen molar-refractivity contribution >= 4 is 23.1 Å². The Morgan fingerprint density at radius 1 is 1.44 bits per heavy atom. The second-order valence-corrected chi connectivity index (χ2v) is 5.58. The van der Waals surface area contributed by atoms with E-state index in [2.05, 4.69) is 23.2 Å².